The Kier molecular flexibility index (Phi) is 6.52. The minimum atomic E-state index is -1.07. The molecule has 6 nitrogen and oxygen atoms in total. The highest BCUT2D eigenvalue weighted by atomic mass is 32.1. The van der Waals surface area contributed by atoms with Gasteiger partial charge in [0, 0.05) is 18.2 Å². The molecule has 0 bridgehead atoms. The first kappa shape index (κ1) is 18.9. The van der Waals surface area contributed by atoms with E-state index in [0.29, 0.717) is 12.8 Å². The first-order valence-corrected chi connectivity index (χ1v) is 8.96. The van der Waals surface area contributed by atoms with E-state index in [1.807, 2.05) is 35.7 Å². The highest BCUT2D eigenvalue weighted by Gasteiger charge is 2.35. The van der Waals surface area contributed by atoms with Gasteiger partial charge in [0.2, 0.25) is 11.8 Å². The van der Waals surface area contributed by atoms with Crippen molar-refractivity contribution >= 4 is 29.1 Å². The van der Waals surface area contributed by atoms with Gasteiger partial charge in [0.1, 0.15) is 12.1 Å². The number of amides is 2. The smallest absolute Gasteiger partial charge is 0.326 e. The zero-order valence-electron chi connectivity index (χ0n) is 14.2. The average Bonchev–Trinajstić information content (AvgIpc) is 3.08. The van der Waals surface area contributed by atoms with Crippen molar-refractivity contribution in [1.29, 1.82) is 0 Å². The predicted molar refractivity (Wildman–Crippen MR) is 96.3 cm³/mol. The van der Waals surface area contributed by atoms with Crippen molar-refractivity contribution in [2.24, 2.45) is 0 Å². The van der Waals surface area contributed by atoms with Crippen molar-refractivity contribution in [1.82, 2.24) is 10.2 Å². The molecule has 1 aromatic heterocycles. The molecule has 1 aliphatic carbocycles. The van der Waals surface area contributed by atoms with Crippen LogP contribution in [0.15, 0.2) is 41.8 Å². The lowest BCUT2D eigenvalue weighted by atomic mass is 10.0. The third-order valence-electron chi connectivity index (χ3n) is 4.01. The molecule has 134 valence electrons. The van der Waals surface area contributed by atoms with E-state index in [0.717, 1.165) is 4.88 Å². The molecule has 1 heterocycles. The minimum Gasteiger partial charge on any atom is -0.480 e. The van der Waals surface area contributed by atoms with Gasteiger partial charge in [0.25, 0.3) is 0 Å². The second-order valence-corrected chi connectivity index (χ2v) is 6.94. The van der Waals surface area contributed by atoms with Crippen LogP contribution in [-0.4, -0.2) is 45.9 Å². The monoisotopic (exact) mass is 362 g/mol. The second-order valence-electron chi connectivity index (χ2n) is 5.91. The summed E-state index contributed by atoms with van der Waals surface area (Å²) >= 11 is 1.49. The van der Waals surface area contributed by atoms with Gasteiger partial charge in [0.05, 0.1) is 6.04 Å². The van der Waals surface area contributed by atoms with Gasteiger partial charge in [-0.05, 0) is 24.8 Å². The molecule has 0 aromatic carbocycles. The Morgan fingerprint density at radius 2 is 2.16 bits per heavy atom. The zero-order chi connectivity index (χ0) is 18.4. The minimum absolute atomic E-state index is 0.322. The Morgan fingerprint density at radius 3 is 2.68 bits per heavy atom. The third kappa shape index (κ3) is 5.03. The highest BCUT2D eigenvalue weighted by molar-refractivity contribution is 7.09. The van der Waals surface area contributed by atoms with Crippen molar-refractivity contribution in [2.45, 2.75) is 44.8 Å². The molecule has 0 saturated heterocycles. The van der Waals surface area contributed by atoms with Crippen LogP contribution in [0.1, 0.15) is 25.1 Å². The maximum atomic E-state index is 13.1. The molecular weight excluding hydrogens is 340 g/mol. The first-order valence-electron chi connectivity index (χ1n) is 8.08. The third-order valence-corrected chi connectivity index (χ3v) is 4.90. The molecular formula is C18H22N2O4S. The van der Waals surface area contributed by atoms with Gasteiger partial charge in [-0.1, -0.05) is 30.4 Å². The number of carboxylic acids is 1. The number of nitrogens with zero attached hydrogens (tertiary/aromatic N) is 1. The number of carboxylic acid groups (broad SMARTS) is 1. The fraction of sp³-hybridized carbons (Fsp3) is 0.389. The van der Waals surface area contributed by atoms with E-state index in [1.165, 1.54) is 30.1 Å². The van der Waals surface area contributed by atoms with Crippen LogP contribution in [0.2, 0.25) is 0 Å². The number of nitrogens with one attached hydrogen (secondary N) is 1. The molecule has 2 amide bonds. The van der Waals surface area contributed by atoms with Crippen LogP contribution in [0, 0.1) is 0 Å². The highest BCUT2D eigenvalue weighted by Crippen LogP contribution is 2.19. The lowest BCUT2D eigenvalue weighted by molar-refractivity contribution is -0.152. The van der Waals surface area contributed by atoms with Gasteiger partial charge in [-0.2, -0.15) is 0 Å². The maximum Gasteiger partial charge on any atom is 0.326 e. The molecule has 7 heteroatoms. The van der Waals surface area contributed by atoms with E-state index in [2.05, 4.69) is 5.32 Å². The summed E-state index contributed by atoms with van der Waals surface area (Å²) in [5.41, 5.74) is 0. The number of rotatable bonds is 7. The molecule has 25 heavy (non-hydrogen) atoms. The molecule has 0 aliphatic heterocycles. The summed E-state index contributed by atoms with van der Waals surface area (Å²) in [5.74, 6) is -1.78. The molecule has 0 radical (unpaired) electrons. The Balaban J connectivity index is 2.28. The Morgan fingerprint density at radius 1 is 1.40 bits per heavy atom. The largest absolute Gasteiger partial charge is 0.480 e. The van der Waals surface area contributed by atoms with Gasteiger partial charge in [-0.15, -0.1) is 11.3 Å². The van der Waals surface area contributed by atoms with E-state index in [1.54, 1.807) is 6.08 Å². The van der Waals surface area contributed by atoms with Gasteiger partial charge < -0.3 is 15.3 Å². The van der Waals surface area contributed by atoms with E-state index in [9.17, 15) is 19.5 Å². The van der Waals surface area contributed by atoms with Crippen LogP contribution >= 0.6 is 11.3 Å². The summed E-state index contributed by atoms with van der Waals surface area (Å²) in [4.78, 5) is 38.6. The molecule has 0 fully saturated rings. The molecule has 1 aromatic rings. The van der Waals surface area contributed by atoms with Gasteiger partial charge in [0.15, 0.2) is 0 Å². The van der Waals surface area contributed by atoms with Gasteiger partial charge in [-0.25, -0.2) is 4.79 Å². The molecule has 1 unspecified atom stereocenters. The van der Waals surface area contributed by atoms with Crippen LogP contribution in [0.3, 0.4) is 0 Å². The summed E-state index contributed by atoms with van der Waals surface area (Å²) in [6.07, 6.45) is 8.26. The Labute approximate surface area is 150 Å². The van der Waals surface area contributed by atoms with Gasteiger partial charge in [-0.3, -0.25) is 9.59 Å². The maximum absolute atomic E-state index is 13.1. The van der Waals surface area contributed by atoms with Crippen LogP contribution in [0.4, 0.5) is 0 Å². The molecule has 0 spiro atoms. The molecule has 2 N–H and O–H groups in total. The van der Waals surface area contributed by atoms with Crippen molar-refractivity contribution in [3.05, 3.63) is 46.7 Å². The van der Waals surface area contributed by atoms with E-state index < -0.39 is 18.1 Å². The lowest BCUT2D eigenvalue weighted by Gasteiger charge is -2.36. The van der Waals surface area contributed by atoms with Crippen LogP contribution < -0.4 is 5.32 Å². The zero-order valence-corrected chi connectivity index (χ0v) is 15.0. The standard InChI is InChI=1S/C18H22N2O4S/c1-12(18(23)24)20(14-7-4-3-5-8-14)17(22)16(19-13(2)21)11-15-9-6-10-25-15/h3-7,9-10,12,14,16H,8,11H2,1-2H3,(H,19,21)(H,23,24)/t12-,14?,16-/m0/s1. The number of thiophene rings is 1. The summed E-state index contributed by atoms with van der Waals surface area (Å²) in [6.45, 7) is 2.84. The normalized spacial score (nSPS) is 18.4. The topological polar surface area (TPSA) is 86.7 Å². The SMILES string of the molecule is CC(=O)N[C@@H](Cc1cccs1)C(=O)N(C1C=CC=CC1)[C@@H](C)C(=O)O. The fourth-order valence-electron chi connectivity index (χ4n) is 2.79. The molecule has 0 saturated carbocycles. The quantitative estimate of drug-likeness (QED) is 0.776. The van der Waals surface area contributed by atoms with Crippen molar-refractivity contribution < 1.29 is 19.5 Å². The van der Waals surface area contributed by atoms with Crippen LogP contribution in [-0.2, 0) is 20.8 Å². The molecule has 2 rings (SSSR count). The second kappa shape index (κ2) is 8.62. The molecule has 3 atom stereocenters. The van der Waals surface area contributed by atoms with Crippen molar-refractivity contribution in [3.8, 4) is 0 Å². The summed E-state index contributed by atoms with van der Waals surface area (Å²) in [5, 5.41) is 14.0. The fourth-order valence-corrected chi connectivity index (χ4v) is 3.54. The number of aliphatic carboxylic acids is 1. The number of carbonyl (C=O) groups excluding carboxylic acids is 2. The van der Waals surface area contributed by atoms with Gasteiger partial charge >= 0.3 is 5.97 Å². The number of carbonyl (C=O) groups is 3. The summed E-state index contributed by atoms with van der Waals surface area (Å²) in [7, 11) is 0. The predicted octanol–water partition coefficient (Wildman–Crippen LogP) is 1.98. The average molecular weight is 362 g/mol. The summed E-state index contributed by atoms with van der Waals surface area (Å²) < 4.78 is 0. The van der Waals surface area contributed by atoms with Crippen molar-refractivity contribution in [3.63, 3.8) is 0 Å². The number of hydrogen-bond acceptors (Lipinski definition) is 4. The number of hydrogen-bond donors (Lipinski definition) is 2. The lowest BCUT2D eigenvalue weighted by Crippen LogP contribution is -2.56. The first-order chi connectivity index (χ1) is 11.9. The van der Waals surface area contributed by atoms with Crippen LogP contribution in [0.25, 0.3) is 0 Å². The number of allylic oxidation sites excluding steroid dienone is 2. The van der Waals surface area contributed by atoms with Crippen LogP contribution in [0.5, 0.6) is 0 Å². The molecule has 1 aliphatic rings. The summed E-state index contributed by atoms with van der Waals surface area (Å²) in [6, 6.07) is 1.64. The Hall–Kier alpha value is -2.41. The Bertz CT molecular complexity index is 681. The van der Waals surface area contributed by atoms with Crippen molar-refractivity contribution in [2.75, 3.05) is 0 Å². The van der Waals surface area contributed by atoms with E-state index in [4.69, 9.17) is 0 Å². The van der Waals surface area contributed by atoms with E-state index in [-0.39, 0.29) is 17.9 Å². The van der Waals surface area contributed by atoms with E-state index >= 15 is 0 Å².